The van der Waals surface area contributed by atoms with E-state index in [2.05, 4.69) is 15.9 Å². The van der Waals surface area contributed by atoms with Crippen LogP contribution in [0.2, 0.25) is 0 Å². The fourth-order valence-corrected chi connectivity index (χ4v) is 2.12. The zero-order valence-electron chi connectivity index (χ0n) is 9.62. The van der Waals surface area contributed by atoms with Gasteiger partial charge in [-0.05, 0) is 40.9 Å². The number of rotatable bonds is 3. The van der Waals surface area contributed by atoms with Crippen LogP contribution >= 0.6 is 15.9 Å². The molecule has 0 saturated carbocycles. The van der Waals surface area contributed by atoms with E-state index < -0.39 is 11.8 Å². The number of anilines is 1. The van der Waals surface area contributed by atoms with Gasteiger partial charge in [-0.1, -0.05) is 0 Å². The maximum absolute atomic E-state index is 13.3. The molecule has 6 heteroatoms. The molecule has 1 aromatic carbocycles. The highest BCUT2D eigenvalue weighted by Gasteiger charge is 2.20. The van der Waals surface area contributed by atoms with Crippen molar-refractivity contribution in [3.8, 4) is 0 Å². The minimum Gasteiger partial charge on any atom is -0.459 e. The summed E-state index contributed by atoms with van der Waals surface area (Å²) in [5.74, 6) is -1.18. The highest BCUT2D eigenvalue weighted by Crippen LogP contribution is 2.23. The van der Waals surface area contributed by atoms with Crippen LogP contribution in [0.4, 0.5) is 10.1 Å². The van der Waals surface area contributed by atoms with E-state index in [1.165, 1.54) is 6.07 Å². The number of halogens is 2. The van der Waals surface area contributed by atoms with Crippen molar-refractivity contribution in [2.24, 2.45) is 0 Å². The second-order valence-electron chi connectivity index (χ2n) is 4.09. The minimum atomic E-state index is -0.630. The van der Waals surface area contributed by atoms with Gasteiger partial charge in [0.25, 0.3) is 0 Å². The molecule has 1 unspecified atom stereocenters. The fraction of sp³-hybridized carbons (Fsp3) is 0.417. The van der Waals surface area contributed by atoms with Crippen LogP contribution in [-0.4, -0.2) is 25.3 Å². The van der Waals surface area contributed by atoms with Gasteiger partial charge in [0.1, 0.15) is 12.4 Å². The van der Waals surface area contributed by atoms with E-state index in [4.69, 9.17) is 15.2 Å². The van der Waals surface area contributed by atoms with Gasteiger partial charge in [0.2, 0.25) is 0 Å². The Morgan fingerprint density at radius 1 is 1.61 bits per heavy atom. The van der Waals surface area contributed by atoms with Crippen LogP contribution in [0.1, 0.15) is 23.2 Å². The largest absolute Gasteiger partial charge is 0.459 e. The van der Waals surface area contributed by atoms with Gasteiger partial charge >= 0.3 is 5.97 Å². The van der Waals surface area contributed by atoms with E-state index in [1.54, 1.807) is 0 Å². The number of carbonyl (C=O) groups is 1. The number of hydrogen-bond acceptors (Lipinski definition) is 4. The molecule has 1 aliphatic heterocycles. The highest BCUT2D eigenvalue weighted by atomic mass is 79.9. The molecule has 0 radical (unpaired) electrons. The highest BCUT2D eigenvalue weighted by molar-refractivity contribution is 9.10. The van der Waals surface area contributed by atoms with Gasteiger partial charge < -0.3 is 15.2 Å². The standard InChI is InChI=1S/C12H13BrFNO3/c13-9-5-11(15)8(4-10(9)14)12(16)18-6-7-2-1-3-17-7/h4-5,7H,1-3,6,15H2. The molecule has 1 aliphatic rings. The van der Waals surface area contributed by atoms with Crippen molar-refractivity contribution in [3.63, 3.8) is 0 Å². The van der Waals surface area contributed by atoms with Gasteiger partial charge in [0.15, 0.2) is 0 Å². The lowest BCUT2D eigenvalue weighted by molar-refractivity contribution is 0.0162. The topological polar surface area (TPSA) is 61.6 Å². The lowest BCUT2D eigenvalue weighted by Crippen LogP contribution is -2.18. The maximum atomic E-state index is 13.3. The van der Waals surface area contributed by atoms with E-state index >= 15 is 0 Å². The first kappa shape index (κ1) is 13.3. The second-order valence-corrected chi connectivity index (χ2v) is 4.94. The monoisotopic (exact) mass is 317 g/mol. The molecule has 1 fully saturated rings. The fourth-order valence-electron chi connectivity index (χ4n) is 1.76. The summed E-state index contributed by atoms with van der Waals surface area (Å²) < 4.78 is 23.9. The van der Waals surface area contributed by atoms with Crippen molar-refractivity contribution in [3.05, 3.63) is 28.0 Å². The van der Waals surface area contributed by atoms with Crippen LogP contribution in [0.3, 0.4) is 0 Å². The molecular formula is C12H13BrFNO3. The van der Waals surface area contributed by atoms with Crippen LogP contribution in [0.5, 0.6) is 0 Å². The summed E-state index contributed by atoms with van der Waals surface area (Å²) in [6.45, 7) is 0.868. The van der Waals surface area contributed by atoms with Crippen molar-refractivity contribution >= 4 is 27.6 Å². The molecule has 2 N–H and O–H groups in total. The van der Waals surface area contributed by atoms with Gasteiger partial charge in [0, 0.05) is 12.3 Å². The summed E-state index contributed by atoms with van der Waals surface area (Å²) in [5, 5.41) is 0. The molecule has 1 aromatic rings. The average molecular weight is 318 g/mol. The summed E-state index contributed by atoms with van der Waals surface area (Å²) in [4.78, 5) is 11.7. The molecular weight excluding hydrogens is 305 g/mol. The quantitative estimate of drug-likeness (QED) is 0.687. The Morgan fingerprint density at radius 2 is 2.39 bits per heavy atom. The Morgan fingerprint density at radius 3 is 3.06 bits per heavy atom. The van der Waals surface area contributed by atoms with Crippen LogP contribution in [0.25, 0.3) is 0 Å². The molecule has 18 heavy (non-hydrogen) atoms. The van der Waals surface area contributed by atoms with Gasteiger partial charge in [-0.25, -0.2) is 9.18 Å². The number of esters is 1. The van der Waals surface area contributed by atoms with Crippen molar-refractivity contribution in [2.45, 2.75) is 18.9 Å². The summed E-state index contributed by atoms with van der Waals surface area (Å²) in [6, 6.07) is 2.41. The molecule has 0 amide bonds. The molecule has 98 valence electrons. The van der Waals surface area contributed by atoms with Crippen LogP contribution < -0.4 is 5.73 Å². The zero-order chi connectivity index (χ0) is 13.1. The average Bonchev–Trinajstić information content (AvgIpc) is 2.84. The number of nitrogen functional groups attached to an aromatic ring is 1. The molecule has 1 saturated heterocycles. The Labute approximate surface area is 112 Å². The minimum absolute atomic E-state index is 0.0358. The number of benzene rings is 1. The third-order valence-electron chi connectivity index (χ3n) is 2.74. The summed E-state index contributed by atoms with van der Waals surface area (Å²) in [5.41, 5.74) is 5.86. The Bertz CT molecular complexity index is 461. The lowest BCUT2D eigenvalue weighted by Gasteiger charge is -2.11. The van der Waals surface area contributed by atoms with Crippen molar-refractivity contribution in [1.82, 2.24) is 0 Å². The Balaban J connectivity index is 2.01. The van der Waals surface area contributed by atoms with Crippen molar-refractivity contribution in [2.75, 3.05) is 18.9 Å². The third kappa shape index (κ3) is 3.00. The predicted octanol–water partition coefficient (Wildman–Crippen LogP) is 2.51. The first-order valence-corrected chi connectivity index (χ1v) is 6.40. The van der Waals surface area contributed by atoms with Crippen LogP contribution in [0.15, 0.2) is 16.6 Å². The molecule has 0 spiro atoms. The maximum Gasteiger partial charge on any atom is 0.340 e. The smallest absolute Gasteiger partial charge is 0.340 e. The van der Waals surface area contributed by atoms with Gasteiger partial charge in [-0.15, -0.1) is 0 Å². The number of hydrogen-bond donors (Lipinski definition) is 1. The molecule has 1 atom stereocenters. The number of ether oxygens (including phenoxy) is 2. The molecule has 2 rings (SSSR count). The van der Waals surface area contributed by atoms with Gasteiger partial charge in [-0.2, -0.15) is 0 Å². The van der Waals surface area contributed by atoms with Crippen molar-refractivity contribution in [1.29, 1.82) is 0 Å². The first-order chi connectivity index (χ1) is 8.58. The third-order valence-corrected chi connectivity index (χ3v) is 3.34. The Kier molecular flexibility index (Phi) is 4.19. The van der Waals surface area contributed by atoms with Crippen molar-refractivity contribution < 1.29 is 18.7 Å². The second kappa shape index (κ2) is 5.67. The summed E-state index contributed by atoms with van der Waals surface area (Å²) in [7, 11) is 0. The van der Waals surface area contributed by atoms with Gasteiger partial charge in [-0.3, -0.25) is 0 Å². The predicted molar refractivity (Wildman–Crippen MR) is 67.8 cm³/mol. The van der Waals surface area contributed by atoms with Crippen LogP contribution in [0, 0.1) is 5.82 Å². The van der Waals surface area contributed by atoms with Crippen LogP contribution in [-0.2, 0) is 9.47 Å². The lowest BCUT2D eigenvalue weighted by atomic mass is 10.2. The van der Waals surface area contributed by atoms with E-state index in [9.17, 15) is 9.18 Å². The SMILES string of the molecule is Nc1cc(Br)c(F)cc1C(=O)OCC1CCCO1. The molecule has 0 aliphatic carbocycles. The zero-order valence-corrected chi connectivity index (χ0v) is 11.2. The van der Waals surface area contributed by atoms with E-state index in [0.717, 1.165) is 18.9 Å². The summed E-state index contributed by atoms with van der Waals surface area (Å²) in [6.07, 6.45) is 1.78. The molecule has 1 heterocycles. The molecule has 4 nitrogen and oxygen atoms in total. The normalized spacial score (nSPS) is 18.9. The van der Waals surface area contributed by atoms with E-state index in [1.807, 2.05) is 0 Å². The van der Waals surface area contributed by atoms with E-state index in [0.29, 0.717) is 6.61 Å². The summed E-state index contributed by atoms with van der Waals surface area (Å²) >= 11 is 3.00. The molecule has 0 bridgehead atoms. The number of carbonyl (C=O) groups excluding carboxylic acids is 1. The number of nitrogens with two attached hydrogens (primary N) is 1. The first-order valence-electron chi connectivity index (χ1n) is 5.61. The molecule has 0 aromatic heterocycles. The van der Waals surface area contributed by atoms with E-state index in [-0.39, 0.29) is 28.4 Å². The van der Waals surface area contributed by atoms with Gasteiger partial charge in [0.05, 0.1) is 16.1 Å². The Hall–Kier alpha value is -1.14.